The van der Waals surface area contributed by atoms with E-state index in [0.717, 1.165) is 30.0 Å². The zero-order chi connectivity index (χ0) is 21.3. The molecular formula is C22H22F3N3O2. The van der Waals surface area contributed by atoms with Gasteiger partial charge in [0.25, 0.3) is 0 Å². The third-order valence-corrected chi connectivity index (χ3v) is 5.61. The molecule has 1 aliphatic heterocycles. The van der Waals surface area contributed by atoms with Crippen LogP contribution in [0, 0.1) is 0 Å². The molecule has 2 aromatic carbocycles. The van der Waals surface area contributed by atoms with Crippen LogP contribution in [0.5, 0.6) is 0 Å². The monoisotopic (exact) mass is 417 g/mol. The van der Waals surface area contributed by atoms with Crippen LogP contribution in [0.1, 0.15) is 37.1 Å². The maximum Gasteiger partial charge on any atom is 0.418 e. The number of likely N-dealkylation sites (tertiary alicyclic amines) is 1. The van der Waals surface area contributed by atoms with Gasteiger partial charge in [-0.1, -0.05) is 24.3 Å². The molecule has 1 aromatic heterocycles. The number of anilines is 1. The van der Waals surface area contributed by atoms with Gasteiger partial charge in [0.15, 0.2) is 11.5 Å². The van der Waals surface area contributed by atoms with Crippen molar-refractivity contribution in [2.75, 3.05) is 18.4 Å². The number of rotatable bonds is 4. The van der Waals surface area contributed by atoms with Crippen LogP contribution in [0.2, 0.25) is 0 Å². The Morgan fingerprint density at radius 2 is 1.80 bits per heavy atom. The molecule has 158 valence electrons. The van der Waals surface area contributed by atoms with Gasteiger partial charge in [-0.05, 0) is 57.1 Å². The number of carbonyl (C=O) groups is 1. The van der Waals surface area contributed by atoms with Gasteiger partial charge < -0.3 is 9.73 Å². The van der Waals surface area contributed by atoms with Gasteiger partial charge in [0.2, 0.25) is 5.91 Å². The molecule has 2 heterocycles. The predicted molar refractivity (Wildman–Crippen MR) is 107 cm³/mol. The van der Waals surface area contributed by atoms with E-state index < -0.39 is 23.7 Å². The molecule has 0 aliphatic carbocycles. The molecule has 0 spiro atoms. The Kier molecular flexibility index (Phi) is 5.51. The molecule has 0 bridgehead atoms. The standard InChI is InChI=1S/C22H22F3N3O2/c1-14(20(29)26-17-7-3-2-6-16(17)22(23,24)25)28-12-10-15(11-13-28)21-27-18-8-4-5-9-19(18)30-21/h2-9,14-15H,10-13H2,1H3,(H,26,29). The first-order valence-corrected chi connectivity index (χ1v) is 9.89. The van der Waals surface area contributed by atoms with Crippen LogP contribution in [-0.4, -0.2) is 34.9 Å². The third kappa shape index (κ3) is 4.18. The quantitative estimate of drug-likeness (QED) is 0.645. The number of amides is 1. The zero-order valence-corrected chi connectivity index (χ0v) is 16.4. The van der Waals surface area contributed by atoms with E-state index in [0.29, 0.717) is 19.0 Å². The Morgan fingerprint density at radius 3 is 2.50 bits per heavy atom. The number of nitrogens with one attached hydrogen (secondary N) is 1. The molecule has 0 radical (unpaired) electrons. The smallest absolute Gasteiger partial charge is 0.418 e. The second-order valence-corrected chi connectivity index (χ2v) is 7.54. The molecule has 1 amide bonds. The summed E-state index contributed by atoms with van der Waals surface area (Å²) in [6.45, 7) is 2.99. The minimum atomic E-state index is -4.52. The lowest BCUT2D eigenvalue weighted by Gasteiger charge is -2.34. The average molecular weight is 417 g/mol. The van der Waals surface area contributed by atoms with Crippen LogP contribution in [0.3, 0.4) is 0 Å². The van der Waals surface area contributed by atoms with Gasteiger partial charge in [-0.25, -0.2) is 4.98 Å². The van der Waals surface area contributed by atoms with Crippen molar-refractivity contribution in [3.63, 3.8) is 0 Å². The van der Waals surface area contributed by atoms with Gasteiger partial charge in [0.05, 0.1) is 17.3 Å². The highest BCUT2D eigenvalue weighted by atomic mass is 19.4. The van der Waals surface area contributed by atoms with Crippen molar-refractivity contribution >= 4 is 22.7 Å². The fourth-order valence-electron chi connectivity index (χ4n) is 3.84. The molecule has 5 nitrogen and oxygen atoms in total. The lowest BCUT2D eigenvalue weighted by molar-refractivity contribution is -0.137. The van der Waals surface area contributed by atoms with Crippen molar-refractivity contribution in [2.45, 2.75) is 37.9 Å². The van der Waals surface area contributed by atoms with Gasteiger partial charge in [0, 0.05) is 5.92 Å². The molecule has 1 atom stereocenters. The summed E-state index contributed by atoms with van der Waals surface area (Å²) in [5.41, 5.74) is 0.514. The molecular weight excluding hydrogens is 395 g/mol. The summed E-state index contributed by atoms with van der Waals surface area (Å²) in [6, 6.07) is 12.1. The number of oxazole rings is 1. The minimum absolute atomic E-state index is 0.162. The molecule has 3 aromatic rings. The fourth-order valence-corrected chi connectivity index (χ4v) is 3.84. The van der Waals surface area contributed by atoms with Crippen molar-refractivity contribution in [2.24, 2.45) is 0 Å². The number of halogens is 3. The zero-order valence-electron chi connectivity index (χ0n) is 16.4. The Hall–Kier alpha value is -2.87. The van der Waals surface area contributed by atoms with E-state index in [2.05, 4.69) is 10.3 Å². The van der Waals surface area contributed by atoms with E-state index >= 15 is 0 Å². The van der Waals surface area contributed by atoms with Crippen LogP contribution in [0.4, 0.5) is 18.9 Å². The number of alkyl halides is 3. The van der Waals surface area contributed by atoms with E-state index in [-0.39, 0.29) is 11.6 Å². The van der Waals surface area contributed by atoms with Gasteiger partial charge in [0.1, 0.15) is 5.52 Å². The summed E-state index contributed by atoms with van der Waals surface area (Å²) in [6.07, 6.45) is -2.99. The summed E-state index contributed by atoms with van der Waals surface area (Å²) < 4.78 is 45.3. The Labute approximate surface area is 171 Å². The van der Waals surface area contributed by atoms with Crippen molar-refractivity contribution in [1.82, 2.24) is 9.88 Å². The second kappa shape index (κ2) is 8.10. The molecule has 1 unspecified atom stereocenters. The molecule has 1 saturated heterocycles. The highest BCUT2D eigenvalue weighted by Crippen LogP contribution is 2.35. The molecule has 1 fully saturated rings. The fraction of sp³-hybridized carbons (Fsp3) is 0.364. The molecule has 1 aliphatic rings. The molecule has 1 N–H and O–H groups in total. The van der Waals surface area contributed by atoms with Crippen LogP contribution < -0.4 is 5.32 Å². The Morgan fingerprint density at radius 1 is 1.13 bits per heavy atom. The number of hydrogen-bond donors (Lipinski definition) is 1. The number of para-hydroxylation sites is 3. The molecule has 8 heteroatoms. The summed E-state index contributed by atoms with van der Waals surface area (Å²) >= 11 is 0. The average Bonchev–Trinajstić information content (AvgIpc) is 3.17. The normalized spacial score (nSPS) is 17.2. The van der Waals surface area contributed by atoms with E-state index in [4.69, 9.17) is 4.42 Å². The van der Waals surface area contributed by atoms with Crippen molar-refractivity contribution in [3.8, 4) is 0 Å². The second-order valence-electron chi connectivity index (χ2n) is 7.54. The molecule has 30 heavy (non-hydrogen) atoms. The largest absolute Gasteiger partial charge is 0.440 e. The van der Waals surface area contributed by atoms with Crippen LogP contribution in [-0.2, 0) is 11.0 Å². The highest BCUT2D eigenvalue weighted by molar-refractivity contribution is 5.95. The number of hydrogen-bond acceptors (Lipinski definition) is 4. The lowest BCUT2D eigenvalue weighted by Crippen LogP contribution is -2.45. The van der Waals surface area contributed by atoms with Crippen LogP contribution in [0.25, 0.3) is 11.1 Å². The first kappa shape index (κ1) is 20.4. The maximum absolute atomic E-state index is 13.2. The number of carbonyl (C=O) groups excluding carboxylic acids is 1. The highest BCUT2D eigenvalue weighted by Gasteiger charge is 2.35. The van der Waals surface area contributed by atoms with Crippen molar-refractivity contribution in [3.05, 3.63) is 60.0 Å². The molecule has 4 rings (SSSR count). The SMILES string of the molecule is CC(C(=O)Nc1ccccc1C(F)(F)F)N1CCC(c2nc3ccccc3o2)CC1. The first-order chi connectivity index (χ1) is 14.3. The van der Waals surface area contributed by atoms with Gasteiger partial charge >= 0.3 is 6.18 Å². The Balaban J connectivity index is 1.38. The number of aromatic nitrogens is 1. The summed E-state index contributed by atoms with van der Waals surface area (Å²) in [5.74, 6) is 0.411. The number of benzene rings is 2. The summed E-state index contributed by atoms with van der Waals surface area (Å²) in [7, 11) is 0. The maximum atomic E-state index is 13.2. The first-order valence-electron chi connectivity index (χ1n) is 9.89. The van der Waals surface area contributed by atoms with Crippen LogP contribution >= 0.6 is 0 Å². The van der Waals surface area contributed by atoms with E-state index in [1.165, 1.54) is 18.2 Å². The summed E-state index contributed by atoms with van der Waals surface area (Å²) in [5, 5.41) is 2.44. The number of fused-ring (bicyclic) bond motifs is 1. The van der Waals surface area contributed by atoms with Gasteiger partial charge in [-0.2, -0.15) is 13.2 Å². The number of piperidine rings is 1. The lowest BCUT2D eigenvalue weighted by atomic mass is 9.95. The predicted octanol–water partition coefficient (Wildman–Crippen LogP) is 5.05. The topological polar surface area (TPSA) is 58.4 Å². The van der Waals surface area contributed by atoms with Crippen molar-refractivity contribution < 1.29 is 22.4 Å². The van der Waals surface area contributed by atoms with E-state index in [1.54, 1.807) is 6.92 Å². The molecule has 0 saturated carbocycles. The van der Waals surface area contributed by atoms with Gasteiger partial charge in [-0.15, -0.1) is 0 Å². The Bertz CT molecular complexity index is 1010. The minimum Gasteiger partial charge on any atom is -0.440 e. The van der Waals surface area contributed by atoms with E-state index in [9.17, 15) is 18.0 Å². The number of nitrogens with zero attached hydrogens (tertiary/aromatic N) is 2. The third-order valence-electron chi connectivity index (χ3n) is 5.61. The van der Waals surface area contributed by atoms with Crippen LogP contribution in [0.15, 0.2) is 52.9 Å². The van der Waals surface area contributed by atoms with Gasteiger partial charge in [-0.3, -0.25) is 9.69 Å². The summed E-state index contributed by atoms with van der Waals surface area (Å²) in [4.78, 5) is 19.1. The van der Waals surface area contributed by atoms with E-state index in [1.807, 2.05) is 29.2 Å². The van der Waals surface area contributed by atoms with Crippen molar-refractivity contribution in [1.29, 1.82) is 0 Å².